The number of likely N-dealkylation sites (tertiary alicyclic amines) is 1. The number of allylic oxidation sites excluding steroid dienone is 2. The van der Waals surface area contributed by atoms with Crippen LogP contribution in [0.2, 0.25) is 0 Å². The second kappa shape index (κ2) is 18.2. The van der Waals surface area contributed by atoms with E-state index in [4.69, 9.17) is 0 Å². The van der Waals surface area contributed by atoms with Crippen molar-refractivity contribution in [3.8, 4) is 6.07 Å². The van der Waals surface area contributed by atoms with Crippen molar-refractivity contribution in [1.82, 2.24) is 40.6 Å². The summed E-state index contributed by atoms with van der Waals surface area (Å²) in [4.78, 5) is 31.4. The number of nitrogens with one attached hydrogen (secondary N) is 2. The summed E-state index contributed by atoms with van der Waals surface area (Å²) >= 11 is 0. The maximum Gasteiger partial charge on any atom is 0.253 e. The topological polar surface area (TPSA) is 134 Å². The standard InChI is InChI=1S/C33H42N8O2.C7H13N/c1-7-9-25-18-26(31(43)40(5)6)15-16-28(25)33(22(2)3,32-36-38-39-37-32)19-29(24-13-11-23(4)12-14-24)35-21-30(42)41-17-8-10-27(41)20-34;1-6(2)7(3)8(4)5/h11-16,18,27,29,35H,2,7-10,17,19,21H2,1,3-6H3,(H,36,37,38,39);1,3H2,2,4-5H3. The third kappa shape index (κ3) is 9.79. The monoisotopic (exact) mass is 693 g/mol. The predicted molar refractivity (Wildman–Crippen MR) is 203 cm³/mol. The number of hydrogen-bond donors (Lipinski definition) is 2. The molecule has 1 aliphatic rings. The zero-order chi connectivity index (χ0) is 37.9. The van der Waals surface area contributed by atoms with Crippen LogP contribution in [0.5, 0.6) is 0 Å². The third-order valence-electron chi connectivity index (χ3n) is 9.44. The molecule has 0 bridgehead atoms. The fourth-order valence-corrected chi connectivity index (χ4v) is 6.44. The third-order valence-corrected chi connectivity index (χ3v) is 9.44. The number of carbonyl (C=O) groups is 2. The lowest BCUT2D eigenvalue weighted by atomic mass is 9.67. The molecule has 2 heterocycles. The van der Waals surface area contributed by atoms with Crippen LogP contribution in [0.25, 0.3) is 0 Å². The van der Waals surface area contributed by atoms with Gasteiger partial charge in [-0.05, 0) is 80.9 Å². The summed E-state index contributed by atoms with van der Waals surface area (Å²) in [5, 5.41) is 28.6. The molecule has 1 fully saturated rings. The van der Waals surface area contributed by atoms with E-state index in [9.17, 15) is 14.9 Å². The van der Waals surface area contributed by atoms with Crippen molar-refractivity contribution in [2.75, 3.05) is 41.3 Å². The van der Waals surface area contributed by atoms with Crippen LogP contribution in [0.4, 0.5) is 0 Å². The Labute approximate surface area is 304 Å². The van der Waals surface area contributed by atoms with E-state index in [1.165, 1.54) is 0 Å². The Morgan fingerprint density at radius 1 is 1.10 bits per heavy atom. The van der Waals surface area contributed by atoms with Crippen molar-refractivity contribution in [2.45, 2.75) is 77.3 Å². The molecule has 272 valence electrons. The summed E-state index contributed by atoms with van der Waals surface area (Å²) in [5.41, 5.74) is 6.63. The Morgan fingerprint density at radius 2 is 1.78 bits per heavy atom. The number of aromatic amines is 1. The van der Waals surface area contributed by atoms with Crippen LogP contribution in [0.15, 0.2) is 79.0 Å². The molecule has 3 atom stereocenters. The molecule has 4 rings (SSSR count). The minimum absolute atomic E-state index is 0.0697. The van der Waals surface area contributed by atoms with Gasteiger partial charge in [-0.3, -0.25) is 9.59 Å². The minimum atomic E-state index is -0.897. The number of tetrazole rings is 1. The summed E-state index contributed by atoms with van der Waals surface area (Å²) in [6.07, 6.45) is 3.58. The Bertz CT molecular complexity index is 1720. The SMILES string of the molecule is C=C(C)C(=C)N(C)C.C=C(C)C(CC(NCC(=O)N1CCCC1C#N)c1ccc(C)cc1)(c1nn[nH]n1)c1ccc(C(=O)N(C)C)cc1CCC. The summed E-state index contributed by atoms with van der Waals surface area (Å²) < 4.78 is 0. The first-order valence-electron chi connectivity index (χ1n) is 17.4. The average molecular weight is 694 g/mol. The number of benzene rings is 2. The largest absolute Gasteiger partial charge is 0.378 e. The molecule has 1 aromatic heterocycles. The van der Waals surface area contributed by atoms with Crippen LogP contribution in [-0.2, 0) is 16.6 Å². The van der Waals surface area contributed by atoms with E-state index < -0.39 is 5.41 Å². The lowest BCUT2D eigenvalue weighted by Crippen LogP contribution is -2.43. The molecule has 2 N–H and O–H groups in total. The van der Waals surface area contributed by atoms with Gasteiger partial charge in [0.2, 0.25) is 5.91 Å². The van der Waals surface area contributed by atoms with Gasteiger partial charge in [0.15, 0.2) is 5.82 Å². The van der Waals surface area contributed by atoms with Gasteiger partial charge < -0.3 is 20.0 Å². The van der Waals surface area contributed by atoms with Gasteiger partial charge in [0, 0.05) is 52.0 Å². The predicted octanol–water partition coefficient (Wildman–Crippen LogP) is 5.90. The summed E-state index contributed by atoms with van der Waals surface area (Å²) in [5.74, 6) is 0.304. The van der Waals surface area contributed by atoms with Gasteiger partial charge in [0.25, 0.3) is 5.91 Å². The molecule has 1 saturated heterocycles. The van der Waals surface area contributed by atoms with Crippen molar-refractivity contribution < 1.29 is 9.59 Å². The fraction of sp³-hybridized carbons (Fsp3) is 0.450. The van der Waals surface area contributed by atoms with Gasteiger partial charge in [0.1, 0.15) is 6.04 Å². The normalized spacial score (nSPS) is 15.4. The number of aromatic nitrogens is 4. The van der Waals surface area contributed by atoms with Crippen LogP contribution < -0.4 is 5.32 Å². The van der Waals surface area contributed by atoms with Crippen molar-refractivity contribution >= 4 is 11.8 Å². The van der Waals surface area contributed by atoms with Crippen molar-refractivity contribution in [3.05, 3.63) is 113 Å². The van der Waals surface area contributed by atoms with Crippen LogP contribution in [0.3, 0.4) is 0 Å². The maximum absolute atomic E-state index is 13.3. The first-order valence-corrected chi connectivity index (χ1v) is 17.4. The molecule has 11 nitrogen and oxygen atoms in total. The van der Waals surface area contributed by atoms with Crippen LogP contribution in [-0.4, -0.2) is 94.5 Å². The van der Waals surface area contributed by atoms with Crippen LogP contribution in [0, 0.1) is 18.3 Å². The van der Waals surface area contributed by atoms with Crippen LogP contribution >= 0.6 is 0 Å². The zero-order valence-electron chi connectivity index (χ0n) is 31.7. The van der Waals surface area contributed by atoms with E-state index in [1.807, 2.05) is 58.0 Å². The average Bonchev–Trinajstić information content (AvgIpc) is 3.82. The number of likely N-dealkylation sites (N-methyl/N-ethyl adjacent to an activating group) is 1. The molecular weight excluding hydrogens is 639 g/mol. The van der Waals surface area contributed by atoms with E-state index in [-0.39, 0.29) is 30.4 Å². The molecule has 1 aliphatic heterocycles. The van der Waals surface area contributed by atoms with Gasteiger partial charge in [0.05, 0.1) is 18.0 Å². The quantitative estimate of drug-likeness (QED) is 0.158. The molecule has 3 aromatic rings. The van der Waals surface area contributed by atoms with E-state index in [0.717, 1.165) is 58.4 Å². The maximum atomic E-state index is 13.3. The van der Waals surface area contributed by atoms with E-state index >= 15 is 0 Å². The lowest BCUT2D eigenvalue weighted by Gasteiger charge is -2.38. The number of rotatable bonds is 14. The molecule has 0 aliphatic carbocycles. The molecule has 51 heavy (non-hydrogen) atoms. The lowest BCUT2D eigenvalue weighted by molar-refractivity contribution is -0.130. The summed E-state index contributed by atoms with van der Waals surface area (Å²) in [7, 11) is 7.40. The Balaban J connectivity index is 0.000000783. The van der Waals surface area contributed by atoms with Gasteiger partial charge in [-0.15, -0.1) is 10.2 Å². The van der Waals surface area contributed by atoms with E-state index in [1.54, 1.807) is 23.9 Å². The highest BCUT2D eigenvalue weighted by molar-refractivity contribution is 5.94. The summed E-state index contributed by atoms with van der Waals surface area (Å²) in [6.45, 7) is 20.7. The van der Waals surface area contributed by atoms with E-state index in [0.29, 0.717) is 30.8 Å². The van der Waals surface area contributed by atoms with Crippen molar-refractivity contribution in [2.24, 2.45) is 0 Å². The highest BCUT2D eigenvalue weighted by Crippen LogP contribution is 2.45. The molecule has 11 heteroatoms. The van der Waals surface area contributed by atoms with Crippen LogP contribution in [0.1, 0.15) is 90.9 Å². The number of nitriles is 1. The number of carbonyl (C=O) groups excluding carboxylic acids is 2. The Morgan fingerprint density at radius 3 is 2.29 bits per heavy atom. The number of nitrogens with zero attached hydrogens (tertiary/aromatic N) is 7. The molecular formula is C40H55N9O2. The fourth-order valence-electron chi connectivity index (χ4n) is 6.44. The van der Waals surface area contributed by atoms with Gasteiger partial charge in [-0.1, -0.05) is 79.8 Å². The highest BCUT2D eigenvalue weighted by Gasteiger charge is 2.43. The molecule has 0 radical (unpaired) electrons. The number of aryl methyl sites for hydroxylation is 2. The van der Waals surface area contributed by atoms with Gasteiger partial charge >= 0.3 is 0 Å². The molecule has 2 amide bonds. The van der Waals surface area contributed by atoms with Gasteiger partial charge in [-0.25, -0.2) is 0 Å². The zero-order valence-corrected chi connectivity index (χ0v) is 31.7. The van der Waals surface area contributed by atoms with Gasteiger partial charge in [-0.2, -0.15) is 10.5 Å². The molecule has 0 saturated carbocycles. The number of amides is 2. The molecule has 3 unspecified atom stereocenters. The van der Waals surface area contributed by atoms with Crippen molar-refractivity contribution in [1.29, 1.82) is 5.26 Å². The van der Waals surface area contributed by atoms with E-state index in [2.05, 4.69) is 82.9 Å². The smallest absolute Gasteiger partial charge is 0.253 e. The number of H-pyrrole nitrogens is 1. The second-order valence-corrected chi connectivity index (χ2v) is 13.8. The first-order chi connectivity index (χ1) is 24.2. The number of hydrogen-bond acceptors (Lipinski definition) is 8. The molecule has 0 spiro atoms. The highest BCUT2D eigenvalue weighted by atomic mass is 16.2. The molecule has 2 aromatic carbocycles. The first kappa shape index (κ1) is 40.4. The Hall–Kier alpha value is -5.08. The minimum Gasteiger partial charge on any atom is -0.378 e. The second-order valence-electron chi connectivity index (χ2n) is 13.8. The Kier molecular flexibility index (Phi) is 14.4. The van der Waals surface area contributed by atoms with Crippen molar-refractivity contribution in [3.63, 3.8) is 0 Å². The summed E-state index contributed by atoms with van der Waals surface area (Å²) in [6, 6.07) is 15.6.